The molecule has 1 aromatic carbocycles. The molecule has 0 aliphatic carbocycles. The van der Waals surface area contributed by atoms with Crippen LogP contribution >= 0.6 is 0 Å². The maximum atomic E-state index is 9.91. The third-order valence-electron chi connectivity index (χ3n) is 2.69. The number of nitrogens with one attached hydrogen (secondary N) is 1. The molecule has 16 heavy (non-hydrogen) atoms. The van der Waals surface area contributed by atoms with Crippen molar-refractivity contribution >= 4 is 0 Å². The van der Waals surface area contributed by atoms with E-state index in [1.807, 2.05) is 12.1 Å². The molecule has 2 N–H and O–H groups in total. The Hall–Kier alpha value is -1.02. The van der Waals surface area contributed by atoms with E-state index < -0.39 is 0 Å². The van der Waals surface area contributed by atoms with Gasteiger partial charge in [0.05, 0.1) is 0 Å². The summed E-state index contributed by atoms with van der Waals surface area (Å²) in [6.07, 6.45) is 1.11. The van der Waals surface area contributed by atoms with Crippen LogP contribution in [0.15, 0.2) is 18.2 Å². The molecule has 1 aromatic rings. The molecule has 0 spiro atoms. The Morgan fingerprint density at radius 3 is 2.44 bits per heavy atom. The molecule has 0 fully saturated rings. The molecule has 1 rings (SSSR count). The van der Waals surface area contributed by atoms with Crippen LogP contribution in [0.25, 0.3) is 0 Å². The summed E-state index contributed by atoms with van der Waals surface area (Å²) < 4.78 is 0. The Morgan fingerprint density at radius 2 is 1.94 bits per heavy atom. The van der Waals surface area contributed by atoms with Crippen molar-refractivity contribution < 1.29 is 5.11 Å². The first-order valence-electron chi connectivity index (χ1n) is 5.98. The number of benzene rings is 1. The van der Waals surface area contributed by atoms with Gasteiger partial charge in [0.2, 0.25) is 0 Å². The summed E-state index contributed by atoms with van der Waals surface area (Å²) in [4.78, 5) is 0. The molecule has 90 valence electrons. The Bertz CT molecular complexity index is 339. The van der Waals surface area contributed by atoms with E-state index >= 15 is 0 Å². The van der Waals surface area contributed by atoms with E-state index in [9.17, 15) is 5.11 Å². The molecule has 0 aliphatic heterocycles. The third kappa shape index (κ3) is 3.53. The minimum absolute atomic E-state index is 0.0901. The summed E-state index contributed by atoms with van der Waals surface area (Å²) in [7, 11) is 0. The first kappa shape index (κ1) is 13.0. The lowest BCUT2D eigenvalue weighted by atomic mass is 9.86. The fourth-order valence-corrected chi connectivity index (χ4v) is 1.58. The van der Waals surface area contributed by atoms with Crippen LogP contribution < -0.4 is 5.32 Å². The van der Waals surface area contributed by atoms with Gasteiger partial charge in [-0.3, -0.25) is 0 Å². The van der Waals surface area contributed by atoms with E-state index in [4.69, 9.17) is 0 Å². The van der Waals surface area contributed by atoms with Crippen LogP contribution in [0.4, 0.5) is 0 Å². The van der Waals surface area contributed by atoms with Crippen LogP contribution in [0.3, 0.4) is 0 Å². The van der Waals surface area contributed by atoms with Gasteiger partial charge in [-0.25, -0.2) is 0 Å². The van der Waals surface area contributed by atoms with Crippen molar-refractivity contribution in [2.45, 2.75) is 46.1 Å². The fourth-order valence-electron chi connectivity index (χ4n) is 1.58. The zero-order valence-electron chi connectivity index (χ0n) is 10.8. The minimum Gasteiger partial charge on any atom is -0.508 e. The average molecular weight is 221 g/mol. The molecule has 0 saturated carbocycles. The van der Waals surface area contributed by atoms with Gasteiger partial charge in [0.1, 0.15) is 5.75 Å². The number of hydrogen-bond acceptors (Lipinski definition) is 2. The molecule has 0 amide bonds. The molecule has 2 heteroatoms. The Balaban J connectivity index is 2.76. The second kappa shape index (κ2) is 5.35. The summed E-state index contributed by atoms with van der Waals surface area (Å²) in [5.41, 5.74) is 2.23. The van der Waals surface area contributed by atoms with Crippen molar-refractivity contribution in [2.75, 3.05) is 6.54 Å². The zero-order chi connectivity index (χ0) is 12.2. The van der Waals surface area contributed by atoms with Crippen molar-refractivity contribution in [3.63, 3.8) is 0 Å². The van der Waals surface area contributed by atoms with E-state index in [0.717, 1.165) is 25.1 Å². The monoisotopic (exact) mass is 221 g/mol. The number of phenols is 1. The summed E-state index contributed by atoms with van der Waals surface area (Å²) in [5.74, 6) is 0.399. The van der Waals surface area contributed by atoms with Crippen molar-refractivity contribution in [1.29, 1.82) is 0 Å². The maximum absolute atomic E-state index is 9.91. The van der Waals surface area contributed by atoms with E-state index in [0.29, 0.717) is 5.75 Å². The summed E-state index contributed by atoms with van der Waals surface area (Å²) in [6, 6.07) is 5.99. The summed E-state index contributed by atoms with van der Waals surface area (Å²) in [5, 5.41) is 13.2. The van der Waals surface area contributed by atoms with Crippen LogP contribution in [-0.4, -0.2) is 11.7 Å². The number of aromatic hydroxyl groups is 1. The van der Waals surface area contributed by atoms with Crippen LogP contribution in [0.1, 0.15) is 45.2 Å². The van der Waals surface area contributed by atoms with Gasteiger partial charge in [0.25, 0.3) is 0 Å². The largest absolute Gasteiger partial charge is 0.508 e. The quantitative estimate of drug-likeness (QED) is 0.765. The summed E-state index contributed by atoms with van der Waals surface area (Å²) >= 11 is 0. The molecule has 2 nitrogen and oxygen atoms in total. The second-order valence-electron chi connectivity index (χ2n) is 5.27. The molecule has 0 heterocycles. The van der Waals surface area contributed by atoms with Crippen molar-refractivity contribution in [3.8, 4) is 5.75 Å². The summed E-state index contributed by atoms with van der Waals surface area (Å²) in [6.45, 7) is 10.3. The second-order valence-corrected chi connectivity index (χ2v) is 5.27. The average Bonchev–Trinajstić information content (AvgIpc) is 2.19. The Morgan fingerprint density at radius 1 is 1.25 bits per heavy atom. The van der Waals surface area contributed by atoms with Gasteiger partial charge < -0.3 is 10.4 Å². The molecule has 0 bridgehead atoms. The van der Waals surface area contributed by atoms with Crippen molar-refractivity contribution in [2.24, 2.45) is 0 Å². The van der Waals surface area contributed by atoms with Crippen LogP contribution in [0.5, 0.6) is 5.75 Å². The van der Waals surface area contributed by atoms with Crippen LogP contribution in [0, 0.1) is 0 Å². The minimum atomic E-state index is 0.0901. The highest BCUT2D eigenvalue weighted by Gasteiger charge is 2.14. The van der Waals surface area contributed by atoms with Gasteiger partial charge >= 0.3 is 0 Å². The predicted molar refractivity (Wildman–Crippen MR) is 68.8 cm³/mol. The topological polar surface area (TPSA) is 32.3 Å². The first-order chi connectivity index (χ1) is 7.45. The molecular formula is C14H23NO. The Labute approximate surface area is 98.7 Å². The highest BCUT2D eigenvalue weighted by molar-refractivity contribution is 5.38. The highest BCUT2D eigenvalue weighted by atomic mass is 16.3. The van der Waals surface area contributed by atoms with Crippen molar-refractivity contribution in [3.05, 3.63) is 29.3 Å². The van der Waals surface area contributed by atoms with Crippen molar-refractivity contribution in [1.82, 2.24) is 5.32 Å². The normalized spacial score (nSPS) is 11.8. The standard InChI is InChI=1S/C14H23NO/c1-5-8-15-10-11-6-7-12(9-13(11)16)14(2,3)4/h6-7,9,15-16H,5,8,10H2,1-4H3. The van der Waals surface area contributed by atoms with E-state index in [-0.39, 0.29) is 5.41 Å². The number of hydrogen-bond donors (Lipinski definition) is 2. The smallest absolute Gasteiger partial charge is 0.120 e. The molecular weight excluding hydrogens is 198 g/mol. The van der Waals surface area contributed by atoms with Crippen LogP contribution in [0.2, 0.25) is 0 Å². The Kier molecular flexibility index (Phi) is 4.36. The lowest BCUT2D eigenvalue weighted by molar-refractivity contribution is 0.460. The van der Waals surface area contributed by atoms with Gasteiger partial charge in [0, 0.05) is 12.1 Å². The third-order valence-corrected chi connectivity index (χ3v) is 2.69. The van der Waals surface area contributed by atoms with Gasteiger partial charge in [-0.05, 0) is 30.0 Å². The van der Waals surface area contributed by atoms with E-state index in [1.54, 1.807) is 0 Å². The molecule has 0 radical (unpaired) electrons. The molecule has 0 unspecified atom stereocenters. The zero-order valence-corrected chi connectivity index (χ0v) is 10.8. The molecule has 0 saturated heterocycles. The maximum Gasteiger partial charge on any atom is 0.120 e. The predicted octanol–water partition coefficient (Wildman–Crippen LogP) is 3.19. The fraction of sp³-hybridized carbons (Fsp3) is 0.571. The highest BCUT2D eigenvalue weighted by Crippen LogP contribution is 2.27. The first-order valence-corrected chi connectivity index (χ1v) is 5.98. The van der Waals surface area contributed by atoms with Gasteiger partial charge in [0.15, 0.2) is 0 Å². The van der Waals surface area contributed by atoms with E-state index in [2.05, 4.69) is 39.1 Å². The van der Waals surface area contributed by atoms with Gasteiger partial charge in [-0.15, -0.1) is 0 Å². The van der Waals surface area contributed by atoms with Crippen LogP contribution in [-0.2, 0) is 12.0 Å². The van der Waals surface area contributed by atoms with E-state index in [1.165, 1.54) is 5.56 Å². The van der Waals surface area contributed by atoms with Gasteiger partial charge in [-0.1, -0.05) is 39.8 Å². The molecule has 0 aliphatic rings. The lowest BCUT2D eigenvalue weighted by Gasteiger charge is -2.20. The molecule has 0 aromatic heterocycles. The number of phenolic OH excluding ortho intramolecular Hbond substituents is 1. The molecule has 0 atom stereocenters. The number of rotatable bonds is 4. The SMILES string of the molecule is CCCNCc1ccc(C(C)(C)C)cc1O. The van der Waals surface area contributed by atoms with Gasteiger partial charge in [-0.2, -0.15) is 0 Å². The lowest BCUT2D eigenvalue weighted by Crippen LogP contribution is -2.15.